The van der Waals surface area contributed by atoms with Crippen LogP contribution in [0.25, 0.3) is 0 Å². The molecule has 0 aromatic carbocycles. The monoisotopic (exact) mass is 246 g/mol. The number of hydrogen-bond donors (Lipinski definition) is 2. The Labute approximate surface area is 100 Å². The van der Waals surface area contributed by atoms with Gasteiger partial charge in [-0.15, -0.1) is 0 Å². The van der Waals surface area contributed by atoms with Crippen molar-refractivity contribution < 1.29 is 9.00 Å². The van der Waals surface area contributed by atoms with Gasteiger partial charge >= 0.3 is 0 Å². The number of nitrogens with one attached hydrogen (secondary N) is 2. The fraction of sp³-hybridized carbons (Fsp3) is 0.909. The Bertz CT molecular complexity index is 267. The third kappa shape index (κ3) is 5.61. The molecule has 94 valence electrons. The Morgan fingerprint density at radius 2 is 2.06 bits per heavy atom. The van der Waals surface area contributed by atoms with E-state index in [-0.39, 0.29) is 18.0 Å². The molecule has 0 heterocycles. The summed E-state index contributed by atoms with van der Waals surface area (Å²) in [6.07, 6.45) is 4.77. The van der Waals surface area contributed by atoms with Gasteiger partial charge in [0.25, 0.3) is 0 Å². The zero-order valence-corrected chi connectivity index (χ0v) is 11.1. The third-order valence-electron chi connectivity index (χ3n) is 2.69. The summed E-state index contributed by atoms with van der Waals surface area (Å²) in [6, 6.07) is 0.472. The number of hydrogen-bond acceptors (Lipinski definition) is 3. The molecule has 1 amide bonds. The van der Waals surface area contributed by atoms with Crippen LogP contribution in [0.15, 0.2) is 0 Å². The fourth-order valence-corrected chi connectivity index (χ4v) is 2.17. The van der Waals surface area contributed by atoms with Gasteiger partial charge in [0, 0.05) is 34.9 Å². The lowest BCUT2D eigenvalue weighted by Gasteiger charge is -2.19. The van der Waals surface area contributed by atoms with Crippen LogP contribution < -0.4 is 10.6 Å². The van der Waals surface area contributed by atoms with Gasteiger partial charge in [-0.3, -0.25) is 9.00 Å². The summed E-state index contributed by atoms with van der Waals surface area (Å²) in [5.41, 5.74) is 0. The van der Waals surface area contributed by atoms with Gasteiger partial charge in [-0.05, 0) is 33.1 Å². The van der Waals surface area contributed by atoms with E-state index >= 15 is 0 Å². The minimum Gasteiger partial charge on any atom is -0.352 e. The number of rotatable bonds is 7. The van der Waals surface area contributed by atoms with E-state index in [2.05, 4.69) is 10.6 Å². The average Bonchev–Trinajstić information content (AvgIpc) is 2.98. The molecular formula is C11H22N2O2S. The summed E-state index contributed by atoms with van der Waals surface area (Å²) >= 11 is 0. The second kappa shape index (κ2) is 6.35. The average molecular weight is 246 g/mol. The molecule has 3 unspecified atom stereocenters. The van der Waals surface area contributed by atoms with Gasteiger partial charge in [-0.1, -0.05) is 0 Å². The molecule has 3 atom stereocenters. The summed E-state index contributed by atoms with van der Waals surface area (Å²) in [7, 11) is -0.751. The largest absolute Gasteiger partial charge is 0.352 e. The lowest BCUT2D eigenvalue weighted by Crippen LogP contribution is -2.46. The van der Waals surface area contributed by atoms with Crippen LogP contribution in [0.5, 0.6) is 0 Å². The van der Waals surface area contributed by atoms with Gasteiger partial charge in [0.15, 0.2) is 0 Å². The molecule has 5 heteroatoms. The lowest BCUT2D eigenvalue weighted by molar-refractivity contribution is -0.123. The second-order valence-corrected chi connectivity index (χ2v) is 6.19. The van der Waals surface area contributed by atoms with Crippen LogP contribution >= 0.6 is 0 Å². The normalized spacial score (nSPS) is 21.2. The number of carbonyl (C=O) groups excluding carboxylic acids is 1. The van der Waals surface area contributed by atoms with Gasteiger partial charge in [-0.2, -0.15) is 0 Å². The Kier molecular flexibility index (Phi) is 5.41. The predicted octanol–water partition coefficient (Wildman–Crippen LogP) is 0.400. The molecule has 4 nitrogen and oxygen atoms in total. The van der Waals surface area contributed by atoms with Gasteiger partial charge in [-0.25, -0.2) is 0 Å². The molecule has 0 spiro atoms. The highest BCUT2D eigenvalue weighted by Crippen LogP contribution is 2.18. The standard InChI is InChI=1S/C11H22N2O2S/c1-8(6-7-16(3)15)12-9(2)11(14)13-10-4-5-10/h8-10,12H,4-7H2,1-3H3,(H,13,14). The van der Waals surface area contributed by atoms with Crippen LogP contribution in [-0.2, 0) is 15.6 Å². The molecule has 16 heavy (non-hydrogen) atoms. The molecule has 1 aliphatic rings. The first-order valence-electron chi connectivity index (χ1n) is 5.85. The van der Waals surface area contributed by atoms with E-state index in [1.807, 2.05) is 13.8 Å². The van der Waals surface area contributed by atoms with Crippen molar-refractivity contribution >= 4 is 16.7 Å². The Morgan fingerprint density at radius 3 is 2.56 bits per heavy atom. The molecule has 0 aromatic heterocycles. The van der Waals surface area contributed by atoms with Crippen LogP contribution in [0.2, 0.25) is 0 Å². The van der Waals surface area contributed by atoms with Crippen molar-refractivity contribution in [2.75, 3.05) is 12.0 Å². The maximum absolute atomic E-state index is 11.6. The zero-order chi connectivity index (χ0) is 12.1. The van der Waals surface area contributed by atoms with Gasteiger partial charge in [0.2, 0.25) is 5.91 Å². The summed E-state index contributed by atoms with van der Waals surface area (Å²) in [5, 5.41) is 6.18. The first-order chi connectivity index (χ1) is 7.49. The molecule has 1 fully saturated rings. The Morgan fingerprint density at radius 1 is 1.44 bits per heavy atom. The molecule has 0 saturated heterocycles. The van der Waals surface area contributed by atoms with Crippen molar-refractivity contribution in [1.29, 1.82) is 0 Å². The highest BCUT2D eigenvalue weighted by atomic mass is 32.2. The summed E-state index contributed by atoms with van der Waals surface area (Å²) in [5.74, 6) is 0.762. The number of carbonyl (C=O) groups is 1. The quantitative estimate of drug-likeness (QED) is 0.683. The van der Waals surface area contributed by atoms with Crippen LogP contribution in [0, 0.1) is 0 Å². The van der Waals surface area contributed by atoms with Crippen LogP contribution in [0.1, 0.15) is 33.1 Å². The molecule has 0 aromatic rings. The van der Waals surface area contributed by atoms with E-state index in [1.54, 1.807) is 6.26 Å². The molecule has 0 bridgehead atoms. The van der Waals surface area contributed by atoms with E-state index in [9.17, 15) is 9.00 Å². The molecule has 1 saturated carbocycles. The molecule has 1 rings (SSSR count). The lowest BCUT2D eigenvalue weighted by atomic mass is 10.2. The molecule has 2 N–H and O–H groups in total. The van der Waals surface area contributed by atoms with Gasteiger partial charge < -0.3 is 10.6 Å². The maximum atomic E-state index is 11.6. The maximum Gasteiger partial charge on any atom is 0.237 e. The topological polar surface area (TPSA) is 58.2 Å². The van der Waals surface area contributed by atoms with Crippen LogP contribution in [0.3, 0.4) is 0 Å². The highest BCUT2D eigenvalue weighted by molar-refractivity contribution is 7.84. The fourth-order valence-electron chi connectivity index (χ4n) is 1.48. The summed E-state index contributed by atoms with van der Waals surface area (Å²) < 4.78 is 10.9. The molecule has 0 radical (unpaired) electrons. The van der Waals surface area contributed by atoms with E-state index in [0.29, 0.717) is 11.8 Å². The van der Waals surface area contributed by atoms with E-state index in [4.69, 9.17) is 0 Å². The molecule has 0 aliphatic heterocycles. The van der Waals surface area contributed by atoms with Gasteiger partial charge in [0.1, 0.15) is 0 Å². The van der Waals surface area contributed by atoms with Crippen molar-refractivity contribution in [2.45, 2.75) is 51.2 Å². The van der Waals surface area contributed by atoms with Crippen molar-refractivity contribution in [2.24, 2.45) is 0 Å². The van der Waals surface area contributed by atoms with Crippen LogP contribution in [-0.4, -0.2) is 40.3 Å². The highest BCUT2D eigenvalue weighted by Gasteiger charge is 2.25. The second-order valence-electron chi connectivity index (χ2n) is 4.64. The Balaban J connectivity index is 2.17. The van der Waals surface area contributed by atoms with E-state index in [1.165, 1.54) is 0 Å². The van der Waals surface area contributed by atoms with E-state index < -0.39 is 10.8 Å². The van der Waals surface area contributed by atoms with Crippen LogP contribution in [0.4, 0.5) is 0 Å². The zero-order valence-electron chi connectivity index (χ0n) is 10.3. The van der Waals surface area contributed by atoms with Crippen molar-refractivity contribution in [1.82, 2.24) is 10.6 Å². The minimum atomic E-state index is -0.751. The van der Waals surface area contributed by atoms with Gasteiger partial charge in [0.05, 0.1) is 6.04 Å². The number of amides is 1. The smallest absolute Gasteiger partial charge is 0.237 e. The SMILES string of the molecule is CC(CCS(C)=O)NC(C)C(=O)NC1CC1. The van der Waals surface area contributed by atoms with Crippen molar-refractivity contribution in [3.8, 4) is 0 Å². The summed E-state index contributed by atoms with van der Waals surface area (Å²) in [6.45, 7) is 3.89. The predicted molar refractivity (Wildman–Crippen MR) is 66.8 cm³/mol. The summed E-state index contributed by atoms with van der Waals surface area (Å²) in [4.78, 5) is 11.6. The first kappa shape index (κ1) is 13.6. The first-order valence-corrected chi connectivity index (χ1v) is 7.58. The minimum absolute atomic E-state index is 0.0759. The van der Waals surface area contributed by atoms with Crippen molar-refractivity contribution in [3.63, 3.8) is 0 Å². The molecular weight excluding hydrogens is 224 g/mol. The van der Waals surface area contributed by atoms with E-state index in [0.717, 1.165) is 19.3 Å². The Hall–Kier alpha value is -0.420. The van der Waals surface area contributed by atoms with Crippen molar-refractivity contribution in [3.05, 3.63) is 0 Å². The molecule has 1 aliphatic carbocycles. The third-order valence-corrected chi connectivity index (χ3v) is 3.50.